The Morgan fingerprint density at radius 1 is 1.17 bits per heavy atom. The second-order valence-electron chi connectivity index (χ2n) is 7.31. The summed E-state index contributed by atoms with van der Waals surface area (Å²) in [5.41, 5.74) is 3.62. The molecule has 0 spiro atoms. The number of halogens is 4. The van der Waals surface area contributed by atoms with Gasteiger partial charge in [-0.3, -0.25) is 4.79 Å². The highest BCUT2D eigenvalue weighted by atomic mass is 35.5. The van der Waals surface area contributed by atoms with Gasteiger partial charge in [-0.15, -0.1) is 0 Å². The summed E-state index contributed by atoms with van der Waals surface area (Å²) in [4.78, 5) is 17.0. The fourth-order valence-corrected chi connectivity index (χ4v) is 4.55. The fraction of sp³-hybridized carbons (Fsp3) is 0.273. The van der Waals surface area contributed by atoms with E-state index in [-0.39, 0.29) is 16.5 Å². The highest BCUT2D eigenvalue weighted by molar-refractivity contribution is 8.00. The van der Waals surface area contributed by atoms with Crippen molar-refractivity contribution in [3.8, 4) is 0 Å². The number of alkyl halides is 3. The minimum Gasteiger partial charge on any atom is -0.324 e. The van der Waals surface area contributed by atoms with Crippen LogP contribution in [0.2, 0.25) is 5.02 Å². The highest BCUT2D eigenvalue weighted by Gasteiger charge is 2.31. The molecule has 156 valence electrons. The number of nitrogens with zero attached hydrogens (tertiary/aromatic N) is 1. The van der Waals surface area contributed by atoms with Crippen LogP contribution >= 0.6 is 23.4 Å². The van der Waals surface area contributed by atoms with E-state index in [1.54, 1.807) is 0 Å². The summed E-state index contributed by atoms with van der Waals surface area (Å²) in [6.45, 7) is 1.93. The average Bonchev–Trinajstić information content (AvgIpc) is 3.12. The number of rotatable bonds is 4. The van der Waals surface area contributed by atoms with Gasteiger partial charge in [0.05, 0.1) is 27.5 Å². The molecule has 8 heteroatoms. The predicted molar refractivity (Wildman–Crippen MR) is 114 cm³/mol. The molecule has 1 heterocycles. The molecule has 2 aromatic carbocycles. The van der Waals surface area contributed by atoms with E-state index in [2.05, 4.69) is 23.5 Å². The van der Waals surface area contributed by atoms with Crippen LogP contribution in [0.3, 0.4) is 0 Å². The number of carbonyl (C=O) groups is 1. The zero-order chi connectivity index (χ0) is 21.5. The van der Waals surface area contributed by atoms with Crippen LogP contribution in [0.1, 0.15) is 28.7 Å². The van der Waals surface area contributed by atoms with Crippen LogP contribution in [0.4, 0.5) is 18.9 Å². The minimum atomic E-state index is -4.51. The summed E-state index contributed by atoms with van der Waals surface area (Å²) >= 11 is 7.19. The van der Waals surface area contributed by atoms with Crippen molar-refractivity contribution in [3.05, 3.63) is 63.7 Å². The van der Waals surface area contributed by atoms with Gasteiger partial charge in [0.25, 0.3) is 0 Å². The van der Waals surface area contributed by atoms with Crippen molar-refractivity contribution < 1.29 is 18.0 Å². The maximum atomic E-state index is 12.9. The van der Waals surface area contributed by atoms with E-state index in [1.165, 1.54) is 22.9 Å². The molecule has 3 nitrogen and oxygen atoms in total. The summed E-state index contributed by atoms with van der Waals surface area (Å²) in [5.74, 6) is -0.437. The van der Waals surface area contributed by atoms with E-state index in [0.29, 0.717) is 0 Å². The number of carbonyl (C=O) groups excluding carboxylic acids is 1. The van der Waals surface area contributed by atoms with Gasteiger partial charge in [-0.2, -0.15) is 13.2 Å². The summed E-state index contributed by atoms with van der Waals surface area (Å²) in [6.07, 6.45) is -1.20. The Morgan fingerprint density at radius 3 is 2.63 bits per heavy atom. The lowest BCUT2D eigenvalue weighted by molar-refractivity contribution is -0.137. The first-order chi connectivity index (χ1) is 14.2. The summed E-state index contributed by atoms with van der Waals surface area (Å²) in [7, 11) is 0. The van der Waals surface area contributed by atoms with E-state index in [0.717, 1.165) is 59.0 Å². The number of benzene rings is 2. The molecular formula is C22H18ClF3N2OS. The van der Waals surface area contributed by atoms with Crippen molar-refractivity contribution in [2.45, 2.75) is 37.4 Å². The molecule has 0 atom stereocenters. The second-order valence-corrected chi connectivity index (χ2v) is 8.68. The summed E-state index contributed by atoms with van der Waals surface area (Å²) in [6, 6.07) is 9.21. The molecule has 1 aromatic heterocycles. The van der Waals surface area contributed by atoms with Gasteiger partial charge in [0.2, 0.25) is 5.91 Å². The topological polar surface area (TPSA) is 42.0 Å². The monoisotopic (exact) mass is 450 g/mol. The molecular weight excluding hydrogens is 433 g/mol. The Labute approximate surface area is 181 Å². The molecule has 1 N–H and O–H groups in total. The Morgan fingerprint density at radius 2 is 1.90 bits per heavy atom. The molecule has 0 fully saturated rings. The number of pyridine rings is 1. The van der Waals surface area contributed by atoms with E-state index in [4.69, 9.17) is 16.6 Å². The summed E-state index contributed by atoms with van der Waals surface area (Å²) < 4.78 is 38.7. The van der Waals surface area contributed by atoms with Gasteiger partial charge in [-0.05, 0) is 79.3 Å². The second kappa shape index (κ2) is 8.12. The largest absolute Gasteiger partial charge is 0.416 e. The first-order valence-electron chi connectivity index (χ1n) is 9.43. The van der Waals surface area contributed by atoms with Gasteiger partial charge in [0.15, 0.2) is 0 Å². The number of hydrogen-bond acceptors (Lipinski definition) is 3. The molecule has 0 radical (unpaired) electrons. The van der Waals surface area contributed by atoms with Gasteiger partial charge < -0.3 is 5.32 Å². The van der Waals surface area contributed by atoms with Crippen molar-refractivity contribution in [1.29, 1.82) is 0 Å². The molecule has 1 aliphatic rings. The third-order valence-corrected chi connectivity index (χ3v) is 6.50. The number of anilines is 1. The van der Waals surface area contributed by atoms with Crippen LogP contribution in [0.25, 0.3) is 10.9 Å². The van der Waals surface area contributed by atoms with Crippen molar-refractivity contribution in [1.82, 2.24) is 4.98 Å². The number of aryl methyl sites for hydroxylation is 3. The first kappa shape index (κ1) is 21.0. The standard InChI is InChI=1S/C22H18ClF3N2OS/c1-12-7-15-8-13-3-2-4-14(13)9-18(15)28-21(12)30-11-20(29)27-19-10-16(22(24,25)26)5-6-17(19)23/h5-10H,2-4,11H2,1H3,(H,27,29). The van der Waals surface area contributed by atoms with Crippen LogP contribution in [-0.4, -0.2) is 16.6 Å². The van der Waals surface area contributed by atoms with Crippen LogP contribution in [-0.2, 0) is 23.8 Å². The third kappa shape index (κ3) is 4.42. The summed E-state index contributed by atoms with van der Waals surface area (Å²) in [5, 5.41) is 4.32. The lowest BCUT2D eigenvalue weighted by atomic mass is 10.1. The quantitative estimate of drug-likeness (QED) is 0.465. The van der Waals surface area contributed by atoms with Crippen LogP contribution in [0, 0.1) is 6.92 Å². The molecule has 0 saturated heterocycles. The normalized spacial score (nSPS) is 13.5. The van der Waals surface area contributed by atoms with Crippen molar-refractivity contribution in [2.24, 2.45) is 0 Å². The van der Waals surface area contributed by atoms with E-state index in [1.807, 2.05) is 6.92 Å². The Kier molecular flexibility index (Phi) is 5.68. The van der Waals surface area contributed by atoms with Gasteiger partial charge in [0, 0.05) is 5.39 Å². The van der Waals surface area contributed by atoms with Crippen LogP contribution in [0.15, 0.2) is 41.4 Å². The van der Waals surface area contributed by atoms with Crippen molar-refractivity contribution in [3.63, 3.8) is 0 Å². The number of aromatic nitrogens is 1. The van der Waals surface area contributed by atoms with E-state index >= 15 is 0 Å². The Bertz CT molecular complexity index is 1150. The van der Waals surface area contributed by atoms with Gasteiger partial charge in [0.1, 0.15) is 5.03 Å². The number of amides is 1. The average molecular weight is 451 g/mol. The lowest BCUT2D eigenvalue weighted by Crippen LogP contribution is -2.15. The maximum Gasteiger partial charge on any atom is 0.416 e. The molecule has 0 unspecified atom stereocenters. The number of thioether (sulfide) groups is 1. The molecule has 0 aliphatic heterocycles. The van der Waals surface area contributed by atoms with Gasteiger partial charge in [-0.1, -0.05) is 23.4 Å². The predicted octanol–water partition coefficient (Wildman–Crippen LogP) is 6.43. The maximum absolute atomic E-state index is 12.9. The van der Waals surface area contributed by atoms with Crippen LogP contribution < -0.4 is 5.32 Å². The number of hydrogen-bond donors (Lipinski definition) is 1. The molecule has 0 saturated carbocycles. The molecule has 1 aliphatic carbocycles. The molecule has 4 rings (SSSR count). The minimum absolute atomic E-state index is 0.0108. The van der Waals surface area contributed by atoms with E-state index in [9.17, 15) is 18.0 Å². The molecule has 3 aromatic rings. The van der Waals surface area contributed by atoms with Crippen molar-refractivity contribution >= 4 is 45.9 Å². The number of fused-ring (bicyclic) bond motifs is 2. The van der Waals surface area contributed by atoms with Crippen molar-refractivity contribution in [2.75, 3.05) is 11.1 Å². The number of nitrogens with one attached hydrogen (secondary N) is 1. The smallest absolute Gasteiger partial charge is 0.324 e. The zero-order valence-corrected chi connectivity index (χ0v) is 17.6. The SMILES string of the molecule is Cc1cc2cc3c(cc2nc1SCC(=O)Nc1cc(C(F)(F)F)ccc1Cl)CCC3. The van der Waals surface area contributed by atoms with Crippen LogP contribution in [0.5, 0.6) is 0 Å². The Hall–Kier alpha value is -2.25. The molecule has 1 amide bonds. The fourth-order valence-electron chi connectivity index (χ4n) is 3.60. The highest BCUT2D eigenvalue weighted by Crippen LogP contribution is 2.34. The molecule has 0 bridgehead atoms. The lowest BCUT2D eigenvalue weighted by Gasteiger charge is -2.12. The van der Waals surface area contributed by atoms with Gasteiger partial charge >= 0.3 is 6.18 Å². The third-order valence-electron chi connectivity index (χ3n) is 5.08. The van der Waals surface area contributed by atoms with E-state index < -0.39 is 17.6 Å². The zero-order valence-electron chi connectivity index (χ0n) is 16.1. The Balaban J connectivity index is 1.48. The molecule has 30 heavy (non-hydrogen) atoms. The first-order valence-corrected chi connectivity index (χ1v) is 10.8. The van der Waals surface area contributed by atoms with Gasteiger partial charge in [-0.25, -0.2) is 4.98 Å².